The first-order chi connectivity index (χ1) is 17.0. The molecule has 8 nitrogen and oxygen atoms in total. The van der Waals surface area contributed by atoms with Gasteiger partial charge in [0.05, 0.1) is 11.8 Å². The minimum Gasteiger partial charge on any atom is -0.322 e. The summed E-state index contributed by atoms with van der Waals surface area (Å²) in [6.07, 6.45) is 6.58. The van der Waals surface area contributed by atoms with Gasteiger partial charge in [-0.15, -0.1) is 0 Å². The molecule has 4 heterocycles. The third-order valence-corrected chi connectivity index (χ3v) is 6.28. The number of piperazine rings is 1. The van der Waals surface area contributed by atoms with Crippen LogP contribution in [0, 0.1) is 18.8 Å². The summed E-state index contributed by atoms with van der Waals surface area (Å²) in [6.45, 7) is 7.37. The standard InChI is InChI=1S/C27H27N7O/c1-19-13-23(5-4-21(19)18-34-11-9-33(2)10-12-34)30-27(35)22-14-20(15-29-16-22)3-6-25-24-7-8-28-17-26(24)32-31-25/h4-5,7-8,13-17H,9-12,18H2,1-2H3,(H,30,35)(H,31,32). The number of aryl methyl sites for hydroxylation is 1. The quantitative estimate of drug-likeness (QED) is 0.450. The first kappa shape index (κ1) is 22.7. The summed E-state index contributed by atoms with van der Waals surface area (Å²) in [7, 11) is 2.16. The van der Waals surface area contributed by atoms with Crippen LogP contribution in [0.3, 0.4) is 0 Å². The third kappa shape index (κ3) is 5.38. The molecule has 1 amide bonds. The van der Waals surface area contributed by atoms with Crippen molar-refractivity contribution in [3.8, 4) is 11.8 Å². The summed E-state index contributed by atoms with van der Waals surface area (Å²) in [5, 5.41) is 11.0. The zero-order chi connectivity index (χ0) is 24.2. The van der Waals surface area contributed by atoms with Gasteiger partial charge in [0.15, 0.2) is 0 Å². The number of carbonyl (C=O) groups excluding carboxylic acids is 1. The van der Waals surface area contributed by atoms with E-state index in [1.807, 2.05) is 18.2 Å². The van der Waals surface area contributed by atoms with Crippen LogP contribution in [0.25, 0.3) is 10.9 Å². The van der Waals surface area contributed by atoms with Crippen molar-refractivity contribution in [1.82, 2.24) is 30.0 Å². The van der Waals surface area contributed by atoms with Gasteiger partial charge < -0.3 is 10.2 Å². The van der Waals surface area contributed by atoms with Gasteiger partial charge in [0, 0.05) is 68.0 Å². The molecule has 0 atom stereocenters. The Bertz CT molecular complexity index is 1420. The minimum atomic E-state index is -0.217. The first-order valence-electron chi connectivity index (χ1n) is 11.6. The fourth-order valence-corrected chi connectivity index (χ4v) is 4.13. The SMILES string of the molecule is Cc1cc(NC(=O)c2cncc(C#Cc3[nH]nc4cnccc34)c2)ccc1CN1CCN(C)CC1. The number of aromatic amines is 1. The average molecular weight is 466 g/mol. The molecule has 0 aliphatic carbocycles. The van der Waals surface area contributed by atoms with E-state index in [0.717, 1.165) is 49.3 Å². The molecule has 1 aliphatic heterocycles. The van der Waals surface area contributed by atoms with Crippen LogP contribution < -0.4 is 5.32 Å². The number of carbonyl (C=O) groups is 1. The van der Waals surface area contributed by atoms with Crippen LogP contribution in [-0.4, -0.2) is 69.1 Å². The molecule has 3 aromatic heterocycles. The van der Waals surface area contributed by atoms with Gasteiger partial charge in [-0.2, -0.15) is 5.10 Å². The van der Waals surface area contributed by atoms with Crippen LogP contribution in [0.5, 0.6) is 0 Å². The van der Waals surface area contributed by atoms with E-state index in [2.05, 4.69) is 67.2 Å². The summed E-state index contributed by atoms with van der Waals surface area (Å²) < 4.78 is 0. The van der Waals surface area contributed by atoms with Gasteiger partial charge in [-0.05, 0) is 55.3 Å². The van der Waals surface area contributed by atoms with Gasteiger partial charge >= 0.3 is 0 Å². The number of hydrogen-bond donors (Lipinski definition) is 2. The topological polar surface area (TPSA) is 90.0 Å². The number of hydrogen-bond acceptors (Lipinski definition) is 6. The molecule has 176 valence electrons. The van der Waals surface area contributed by atoms with Crippen molar-refractivity contribution in [3.05, 3.63) is 83.1 Å². The van der Waals surface area contributed by atoms with Crippen LogP contribution in [0.15, 0.2) is 55.1 Å². The number of pyridine rings is 2. The maximum atomic E-state index is 12.9. The predicted molar refractivity (Wildman–Crippen MR) is 136 cm³/mol. The highest BCUT2D eigenvalue weighted by molar-refractivity contribution is 6.04. The van der Waals surface area contributed by atoms with E-state index in [1.54, 1.807) is 30.9 Å². The number of benzene rings is 1. The van der Waals surface area contributed by atoms with Gasteiger partial charge in [-0.25, -0.2) is 0 Å². The molecular formula is C27H27N7O. The van der Waals surface area contributed by atoms with E-state index in [9.17, 15) is 4.79 Å². The first-order valence-corrected chi connectivity index (χ1v) is 11.6. The molecule has 0 saturated carbocycles. The third-order valence-electron chi connectivity index (χ3n) is 6.28. The van der Waals surface area contributed by atoms with E-state index < -0.39 is 0 Å². The van der Waals surface area contributed by atoms with E-state index in [0.29, 0.717) is 16.8 Å². The highest BCUT2D eigenvalue weighted by Crippen LogP contribution is 2.19. The van der Waals surface area contributed by atoms with Crippen molar-refractivity contribution >= 4 is 22.5 Å². The number of anilines is 1. The number of nitrogens with zero attached hydrogens (tertiary/aromatic N) is 5. The number of nitrogens with one attached hydrogen (secondary N) is 2. The number of aromatic nitrogens is 4. The molecule has 0 bridgehead atoms. The molecule has 0 radical (unpaired) electrons. The Balaban J connectivity index is 1.26. The van der Waals surface area contributed by atoms with Crippen LogP contribution in [0.1, 0.15) is 32.7 Å². The van der Waals surface area contributed by atoms with Crippen LogP contribution >= 0.6 is 0 Å². The molecule has 0 spiro atoms. The Hall–Kier alpha value is -4.06. The fraction of sp³-hybridized carbons (Fsp3) is 0.259. The molecule has 0 unspecified atom stereocenters. The molecule has 1 fully saturated rings. The molecule has 1 aliphatic rings. The second kappa shape index (κ2) is 10.1. The van der Waals surface area contributed by atoms with Crippen molar-refractivity contribution in [2.45, 2.75) is 13.5 Å². The van der Waals surface area contributed by atoms with E-state index in [4.69, 9.17) is 0 Å². The molecule has 2 N–H and O–H groups in total. The zero-order valence-electron chi connectivity index (χ0n) is 19.9. The van der Waals surface area contributed by atoms with Crippen molar-refractivity contribution < 1.29 is 4.79 Å². The second-order valence-corrected chi connectivity index (χ2v) is 8.88. The van der Waals surface area contributed by atoms with Crippen LogP contribution in [0.4, 0.5) is 5.69 Å². The molecule has 1 saturated heterocycles. The lowest BCUT2D eigenvalue weighted by molar-refractivity contribution is 0.102. The Morgan fingerprint density at radius 3 is 2.74 bits per heavy atom. The molecule has 5 rings (SSSR count). The summed E-state index contributed by atoms with van der Waals surface area (Å²) in [5.41, 5.74) is 5.78. The van der Waals surface area contributed by atoms with Crippen molar-refractivity contribution in [3.63, 3.8) is 0 Å². The van der Waals surface area contributed by atoms with Gasteiger partial charge in [0.2, 0.25) is 0 Å². The van der Waals surface area contributed by atoms with Gasteiger partial charge in [0.25, 0.3) is 5.91 Å². The van der Waals surface area contributed by atoms with Crippen molar-refractivity contribution in [2.24, 2.45) is 0 Å². The van der Waals surface area contributed by atoms with E-state index in [1.165, 1.54) is 11.1 Å². The molecule has 35 heavy (non-hydrogen) atoms. The Labute approximate surface area is 204 Å². The minimum absolute atomic E-state index is 0.217. The lowest BCUT2D eigenvalue weighted by Gasteiger charge is -2.32. The summed E-state index contributed by atoms with van der Waals surface area (Å²) in [6, 6.07) is 9.70. The van der Waals surface area contributed by atoms with Crippen molar-refractivity contribution in [1.29, 1.82) is 0 Å². The number of fused-ring (bicyclic) bond motifs is 1. The Kier molecular flexibility index (Phi) is 6.53. The second-order valence-electron chi connectivity index (χ2n) is 8.88. The fourth-order valence-electron chi connectivity index (χ4n) is 4.13. The number of rotatable bonds is 4. The predicted octanol–water partition coefficient (Wildman–Crippen LogP) is 3.06. The Morgan fingerprint density at radius 1 is 1.06 bits per heavy atom. The zero-order valence-corrected chi connectivity index (χ0v) is 19.9. The maximum Gasteiger partial charge on any atom is 0.257 e. The Morgan fingerprint density at radius 2 is 1.91 bits per heavy atom. The van der Waals surface area contributed by atoms with Crippen LogP contribution in [0.2, 0.25) is 0 Å². The lowest BCUT2D eigenvalue weighted by atomic mass is 10.1. The number of likely N-dealkylation sites (N-methyl/N-ethyl adjacent to an activating group) is 1. The molecule has 1 aromatic carbocycles. The summed E-state index contributed by atoms with van der Waals surface area (Å²) >= 11 is 0. The summed E-state index contributed by atoms with van der Waals surface area (Å²) in [4.78, 5) is 26.0. The normalized spacial score (nSPS) is 14.5. The number of H-pyrrole nitrogens is 1. The highest BCUT2D eigenvalue weighted by atomic mass is 16.1. The van der Waals surface area contributed by atoms with Gasteiger partial charge in [-0.1, -0.05) is 12.0 Å². The average Bonchev–Trinajstić information content (AvgIpc) is 3.29. The number of amides is 1. The summed E-state index contributed by atoms with van der Waals surface area (Å²) in [5.74, 6) is 5.92. The molecule has 4 aromatic rings. The smallest absolute Gasteiger partial charge is 0.257 e. The highest BCUT2D eigenvalue weighted by Gasteiger charge is 2.15. The van der Waals surface area contributed by atoms with E-state index >= 15 is 0 Å². The van der Waals surface area contributed by atoms with Crippen molar-refractivity contribution in [2.75, 3.05) is 38.5 Å². The molecule has 8 heteroatoms. The lowest BCUT2D eigenvalue weighted by Crippen LogP contribution is -2.43. The van der Waals surface area contributed by atoms with E-state index in [-0.39, 0.29) is 5.91 Å². The maximum absolute atomic E-state index is 12.9. The largest absolute Gasteiger partial charge is 0.322 e. The molecular weight excluding hydrogens is 438 g/mol. The van der Waals surface area contributed by atoms with Gasteiger partial charge in [-0.3, -0.25) is 24.8 Å². The van der Waals surface area contributed by atoms with Crippen LogP contribution in [-0.2, 0) is 6.54 Å². The monoisotopic (exact) mass is 465 g/mol. The van der Waals surface area contributed by atoms with Gasteiger partial charge in [0.1, 0.15) is 11.2 Å².